The topological polar surface area (TPSA) is 75.4 Å². The molecule has 1 aliphatic heterocycles. The molecular weight excluding hydrogens is 298 g/mol. The number of carbonyl (C=O) groups is 2. The van der Waals surface area contributed by atoms with Crippen molar-refractivity contribution in [3.05, 3.63) is 0 Å². The van der Waals surface area contributed by atoms with Crippen LogP contribution in [0.25, 0.3) is 0 Å². The quantitative estimate of drug-likeness (QED) is 0.809. The SMILES string of the molecule is C[C@@H](CN)NC(=O)C1CSCN1C(=O)C1CCCC1.Cl. The van der Waals surface area contributed by atoms with E-state index in [2.05, 4.69) is 5.32 Å². The Bertz CT molecular complexity index is 351. The minimum atomic E-state index is -0.313. The molecule has 2 fully saturated rings. The van der Waals surface area contributed by atoms with Gasteiger partial charge in [-0.25, -0.2) is 0 Å². The molecule has 116 valence electrons. The van der Waals surface area contributed by atoms with E-state index in [1.807, 2.05) is 6.92 Å². The summed E-state index contributed by atoms with van der Waals surface area (Å²) in [4.78, 5) is 26.4. The molecule has 20 heavy (non-hydrogen) atoms. The van der Waals surface area contributed by atoms with E-state index < -0.39 is 0 Å². The van der Waals surface area contributed by atoms with Gasteiger partial charge in [-0.05, 0) is 19.8 Å². The van der Waals surface area contributed by atoms with Crippen LogP contribution in [0.2, 0.25) is 0 Å². The molecule has 1 unspecified atom stereocenters. The number of amides is 2. The van der Waals surface area contributed by atoms with Gasteiger partial charge in [-0.15, -0.1) is 24.2 Å². The molecule has 7 heteroatoms. The van der Waals surface area contributed by atoms with E-state index in [1.165, 1.54) is 0 Å². The molecule has 0 aromatic carbocycles. The monoisotopic (exact) mass is 321 g/mol. The van der Waals surface area contributed by atoms with Crippen LogP contribution >= 0.6 is 24.2 Å². The van der Waals surface area contributed by atoms with Crippen LogP contribution in [0.5, 0.6) is 0 Å². The maximum Gasteiger partial charge on any atom is 0.243 e. The van der Waals surface area contributed by atoms with Gasteiger partial charge >= 0.3 is 0 Å². The molecule has 1 saturated carbocycles. The Kier molecular flexibility index (Phi) is 7.12. The van der Waals surface area contributed by atoms with Crippen molar-refractivity contribution in [2.75, 3.05) is 18.2 Å². The van der Waals surface area contributed by atoms with Gasteiger partial charge in [0.1, 0.15) is 6.04 Å². The highest BCUT2D eigenvalue weighted by molar-refractivity contribution is 7.99. The van der Waals surface area contributed by atoms with Crippen LogP contribution in [0, 0.1) is 5.92 Å². The van der Waals surface area contributed by atoms with Gasteiger partial charge in [0.05, 0.1) is 5.88 Å². The predicted octanol–water partition coefficient (Wildman–Crippen LogP) is 0.963. The van der Waals surface area contributed by atoms with Gasteiger partial charge in [-0.1, -0.05) is 12.8 Å². The van der Waals surface area contributed by atoms with Crippen molar-refractivity contribution in [2.45, 2.75) is 44.7 Å². The van der Waals surface area contributed by atoms with Crippen molar-refractivity contribution in [3.63, 3.8) is 0 Å². The number of halogens is 1. The number of nitrogens with zero attached hydrogens (tertiary/aromatic N) is 1. The lowest BCUT2D eigenvalue weighted by atomic mass is 10.1. The second kappa shape index (κ2) is 8.10. The van der Waals surface area contributed by atoms with Gasteiger partial charge in [0.15, 0.2) is 0 Å². The first-order valence-electron chi connectivity index (χ1n) is 7.02. The molecule has 0 spiro atoms. The van der Waals surface area contributed by atoms with Crippen LogP contribution in [0.4, 0.5) is 0 Å². The molecule has 2 rings (SSSR count). The second-order valence-electron chi connectivity index (χ2n) is 5.45. The highest BCUT2D eigenvalue weighted by Gasteiger charge is 2.38. The van der Waals surface area contributed by atoms with Crippen molar-refractivity contribution in [1.29, 1.82) is 0 Å². The van der Waals surface area contributed by atoms with Gasteiger partial charge in [-0.2, -0.15) is 0 Å². The summed E-state index contributed by atoms with van der Waals surface area (Å²) in [6.07, 6.45) is 4.23. The number of hydrogen-bond donors (Lipinski definition) is 2. The van der Waals surface area contributed by atoms with Crippen molar-refractivity contribution >= 4 is 36.0 Å². The summed E-state index contributed by atoms with van der Waals surface area (Å²) in [6, 6.07) is -0.353. The largest absolute Gasteiger partial charge is 0.351 e. The Morgan fingerprint density at radius 3 is 2.65 bits per heavy atom. The summed E-state index contributed by atoms with van der Waals surface area (Å²) in [5, 5.41) is 2.88. The van der Waals surface area contributed by atoms with Crippen molar-refractivity contribution in [2.24, 2.45) is 11.7 Å². The Morgan fingerprint density at radius 2 is 2.05 bits per heavy atom. The zero-order valence-electron chi connectivity index (χ0n) is 11.8. The van der Waals surface area contributed by atoms with E-state index in [0.29, 0.717) is 18.2 Å². The number of nitrogens with two attached hydrogens (primary N) is 1. The average molecular weight is 322 g/mol. The molecule has 0 aromatic heterocycles. The van der Waals surface area contributed by atoms with Crippen molar-refractivity contribution in [3.8, 4) is 0 Å². The number of nitrogens with one attached hydrogen (secondary N) is 1. The average Bonchev–Trinajstić information content (AvgIpc) is 3.08. The lowest BCUT2D eigenvalue weighted by Gasteiger charge is -2.26. The Hall–Kier alpha value is -0.460. The van der Waals surface area contributed by atoms with Crippen molar-refractivity contribution < 1.29 is 9.59 Å². The number of rotatable bonds is 4. The second-order valence-corrected chi connectivity index (χ2v) is 6.45. The molecule has 1 saturated heterocycles. The van der Waals surface area contributed by atoms with Gasteiger partial charge < -0.3 is 16.0 Å². The zero-order valence-corrected chi connectivity index (χ0v) is 13.5. The van der Waals surface area contributed by atoms with E-state index in [1.54, 1.807) is 16.7 Å². The number of thioether (sulfide) groups is 1. The third-order valence-electron chi connectivity index (χ3n) is 3.91. The molecule has 1 aliphatic carbocycles. The normalized spacial score (nSPS) is 24.3. The first-order chi connectivity index (χ1) is 9.13. The van der Waals surface area contributed by atoms with Gasteiger partial charge in [0.25, 0.3) is 0 Å². The van der Waals surface area contributed by atoms with E-state index in [-0.39, 0.29) is 42.2 Å². The van der Waals surface area contributed by atoms with Crippen LogP contribution in [-0.2, 0) is 9.59 Å². The van der Waals surface area contributed by atoms with Crippen LogP contribution in [0.15, 0.2) is 0 Å². The van der Waals surface area contributed by atoms with Crippen LogP contribution in [0.1, 0.15) is 32.6 Å². The smallest absolute Gasteiger partial charge is 0.243 e. The van der Waals surface area contributed by atoms with Gasteiger partial charge in [-0.3, -0.25) is 9.59 Å². The zero-order chi connectivity index (χ0) is 13.8. The van der Waals surface area contributed by atoms with E-state index in [4.69, 9.17) is 5.73 Å². The van der Waals surface area contributed by atoms with E-state index in [0.717, 1.165) is 25.7 Å². The minimum absolute atomic E-state index is 0. The Morgan fingerprint density at radius 1 is 1.40 bits per heavy atom. The lowest BCUT2D eigenvalue weighted by molar-refractivity contribution is -0.141. The third-order valence-corrected chi connectivity index (χ3v) is 4.93. The molecule has 1 heterocycles. The first kappa shape index (κ1) is 17.6. The van der Waals surface area contributed by atoms with E-state index >= 15 is 0 Å². The Labute approximate surface area is 130 Å². The summed E-state index contributed by atoms with van der Waals surface area (Å²) in [5.41, 5.74) is 5.51. The minimum Gasteiger partial charge on any atom is -0.351 e. The fraction of sp³-hybridized carbons (Fsp3) is 0.846. The summed E-state index contributed by atoms with van der Waals surface area (Å²) < 4.78 is 0. The van der Waals surface area contributed by atoms with Crippen LogP contribution < -0.4 is 11.1 Å². The summed E-state index contributed by atoms with van der Waals surface area (Å²) in [6.45, 7) is 2.30. The standard InChI is InChI=1S/C13H23N3O2S.ClH/c1-9(6-14)15-12(17)11-7-19-8-16(11)13(18)10-4-2-3-5-10;/h9-11H,2-8,14H2,1H3,(H,15,17);1H/t9-,11?;/m0./s1. The fourth-order valence-electron chi connectivity index (χ4n) is 2.68. The molecular formula is C13H24ClN3O2S. The van der Waals surface area contributed by atoms with Gasteiger partial charge in [0.2, 0.25) is 11.8 Å². The number of hydrogen-bond acceptors (Lipinski definition) is 4. The highest BCUT2D eigenvalue weighted by atomic mass is 35.5. The lowest BCUT2D eigenvalue weighted by Crippen LogP contribution is -2.51. The maximum absolute atomic E-state index is 12.4. The van der Waals surface area contributed by atoms with E-state index in [9.17, 15) is 9.59 Å². The first-order valence-corrected chi connectivity index (χ1v) is 8.17. The van der Waals surface area contributed by atoms with Crippen molar-refractivity contribution in [1.82, 2.24) is 10.2 Å². The molecule has 0 radical (unpaired) electrons. The van der Waals surface area contributed by atoms with Crippen LogP contribution in [-0.4, -0.2) is 47.0 Å². The molecule has 0 aromatic rings. The molecule has 2 atom stereocenters. The summed E-state index contributed by atoms with van der Waals surface area (Å²) in [7, 11) is 0. The molecule has 2 amide bonds. The number of carbonyl (C=O) groups excluding carboxylic acids is 2. The summed E-state index contributed by atoms with van der Waals surface area (Å²) in [5.74, 6) is 1.59. The Balaban J connectivity index is 0.00000200. The third kappa shape index (κ3) is 4.02. The molecule has 2 aliphatic rings. The summed E-state index contributed by atoms with van der Waals surface area (Å²) >= 11 is 1.65. The van der Waals surface area contributed by atoms with Gasteiger partial charge in [0, 0.05) is 24.3 Å². The predicted molar refractivity (Wildman–Crippen MR) is 83.8 cm³/mol. The fourth-order valence-corrected chi connectivity index (χ4v) is 3.85. The molecule has 3 N–H and O–H groups in total. The van der Waals surface area contributed by atoms with Crippen LogP contribution in [0.3, 0.4) is 0 Å². The molecule has 5 nitrogen and oxygen atoms in total. The highest BCUT2D eigenvalue weighted by Crippen LogP contribution is 2.30. The maximum atomic E-state index is 12.4. The molecule has 0 bridgehead atoms.